The third-order valence-corrected chi connectivity index (χ3v) is 8.33. The molecule has 1 unspecified atom stereocenters. The first-order chi connectivity index (χ1) is 15.7. The van der Waals surface area contributed by atoms with Crippen LogP contribution in [0.15, 0.2) is 24.0 Å². The van der Waals surface area contributed by atoms with E-state index >= 15 is 0 Å². The highest BCUT2D eigenvalue weighted by Gasteiger charge is 2.52. The second kappa shape index (κ2) is 9.88. The summed E-state index contributed by atoms with van der Waals surface area (Å²) in [6, 6.07) is 0. The molecular weight excluding hydrogens is 440 g/mol. The van der Waals surface area contributed by atoms with E-state index in [1.807, 2.05) is 6.92 Å². The van der Waals surface area contributed by atoms with Gasteiger partial charge in [0.05, 0.1) is 23.0 Å². The summed E-state index contributed by atoms with van der Waals surface area (Å²) in [4.78, 5) is 25.0. The van der Waals surface area contributed by atoms with E-state index in [9.17, 15) is 9.90 Å². The molecule has 1 aromatic heterocycles. The molecule has 182 valence electrons. The first kappa shape index (κ1) is 24.4. The maximum absolute atomic E-state index is 11.8. The van der Waals surface area contributed by atoms with Crippen LogP contribution in [-0.2, 0) is 9.53 Å². The molecular formula is C25H37ClN4O3. The zero-order chi connectivity index (χ0) is 23.8. The number of piperazine rings is 1. The number of anilines is 1. The van der Waals surface area contributed by atoms with Crippen molar-refractivity contribution in [2.75, 3.05) is 37.6 Å². The summed E-state index contributed by atoms with van der Waals surface area (Å²) in [5, 5.41) is 12.3. The maximum atomic E-state index is 11.8. The number of aromatic nitrogens is 2. The van der Waals surface area contributed by atoms with Crippen molar-refractivity contribution in [2.24, 2.45) is 23.7 Å². The number of carbonyl (C=O) groups is 1. The lowest BCUT2D eigenvalue weighted by atomic mass is 9.57. The number of fused-ring (bicyclic) bond motifs is 1. The predicted octanol–water partition coefficient (Wildman–Crippen LogP) is 3.56. The van der Waals surface area contributed by atoms with Crippen LogP contribution < -0.4 is 4.90 Å². The van der Waals surface area contributed by atoms with Crippen molar-refractivity contribution in [3.63, 3.8) is 0 Å². The highest BCUT2D eigenvalue weighted by molar-refractivity contribution is 6.30. The number of nitrogens with zero attached hydrogens (tertiary/aromatic N) is 4. The van der Waals surface area contributed by atoms with Crippen LogP contribution in [0.4, 0.5) is 5.95 Å². The molecule has 2 fully saturated rings. The Kier molecular flexibility index (Phi) is 7.32. The molecule has 0 radical (unpaired) electrons. The molecule has 1 N–H and O–H groups in total. The first-order valence-corrected chi connectivity index (χ1v) is 12.6. The molecule has 8 heteroatoms. The van der Waals surface area contributed by atoms with Crippen molar-refractivity contribution in [2.45, 2.75) is 58.7 Å². The van der Waals surface area contributed by atoms with E-state index in [0.717, 1.165) is 57.1 Å². The third kappa shape index (κ3) is 5.20. The number of rotatable bonds is 5. The monoisotopic (exact) mass is 476 g/mol. The Labute approximate surface area is 202 Å². The average Bonchev–Trinajstić information content (AvgIpc) is 2.77. The Morgan fingerprint density at radius 3 is 2.58 bits per heavy atom. The van der Waals surface area contributed by atoms with E-state index < -0.39 is 5.60 Å². The fourth-order valence-electron chi connectivity index (χ4n) is 6.14. The van der Waals surface area contributed by atoms with E-state index in [2.05, 4.69) is 39.7 Å². The number of hydrogen-bond acceptors (Lipinski definition) is 7. The molecule has 1 aliphatic heterocycles. The molecule has 4 rings (SSSR count). The second-order valence-electron chi connectivity index (χ2n) is 10.3. The van der Waals surface area contributed by atoms with Gasteiger partial charge in [-0.25, -0.2) is 9.97 Å². The summed E-state index contributed by atoms with van der Waals surface area (Å²) in [5.41, 5.74) is 0.254. The van der Waals surface area contributed by atoms with Crippen LogP contribution in [0, 0.1) is 23.7 Å². The second-order valence-corrected chi connectivity index (χ2v) is 10.8. The van der Waals surface area contributed by atoms with Crippen LogP contribution in [0.5, 0.6) is 0 Å². The number of aliphatic hydroxyl groups is 1. The molecule has 0 spiro atoms. The van der Waals surface area contributed by atoms with Crippen LogP contribution >= 0.6 is 11.6 Å². The summed E-state index contributed by atoms with van der Waals surface area (Å²) < 4.78 is 5.54. The molecule has 3 aliphatic rings. The molecule has 1 saturated heterocycles. The van der Waals surface area contributed by atoms with Gasteiger partial charge in [-0.15, -0.1) is 0 Å². The molecule has 0 aromatic carbocycles. The van der Waals surface area contributed by atoms with Gasteiger partial charge in [0.25, 0.3) is 0 Å². The van der Waals surface area contributed by atoms with Gasteiger partial charge in [0.2, 0.25) is 5.95 Å². The van der Waals surface area contributed by atoms with Crippen molar-refractivity contribution >= 4 is 23.5 Å². The summed E-state index contributed by atoms with van der Waals surface area (Å²) in [5.74, 6) is 1.62. The molecule has 0 amide bonds. The zero-order valence-electron chi connectivity index (χ0n) is 20.2. The van der Waals surface area contributed by atoms with Crippen LogP contribution in [-0.4, -0.2) is 70.4 Å². The summed E-state index contributed by atoms with van der Waals surface area (Å²) in [7, 11) is 0. The zero-order valence-corrected chi connectivity index (χ0v) is 21.0. The Bertz CT molecular complexity index is 871. The first-order valence-electron chi connectivity index (χ1n) is 12.2. The fourth-order valence-corrected chi connectivity index (χ4v) is 6.24. The van der Waals surface area contributed by atoms with Crippen LogP contribution in [0.2, 0.25) is 5.02 Å². The van der Waals surface area contributed by atoms with Gasteiger partial charge in [0.15, 0.2) is 0 Å². The Morgan fingerprint density at radius 1 is 1.27 bits per heavy atom. The Morgan fingerprint density at radius 2 is 1.94 bits per heavy atom. The Balaban J connectivity index is 1.40. The lowest BCUT2D eigenvalue weighted by Gasteiger charge is -2.53. The summed E-state index contributed by atoms with van der Waals surface area (Å²) in [6.07, 6.45) is 7.82. The van der Waals surface area contributed by atoms with E-state index in [-0.39, 0.29) is 23.9 Å². The fraction of sp³-hybridized carbons (Fsp3) is 0.720. The predicted molar refractivity (Wildman–Crippen MR) is 129 cm³/mol. The van der Waals surface area contributed by atoms with Crippen LogP contribution in [0.1, 0.15) is 47.0 Å². The molecule has 7 nitrogen and oxygen atoms in total. The van der Waals surface area contributed by atoms with Gasteiger partial charge >= 0.3 is 5.97 Å². The quantitative estimate of drug-likeness (QED) is 0.514. The molecule has 1 aromatic rings. The minimum atomic E-state index is -0.818. The smallest absolute Gasteiger partial charge is 0.303 e. The Hall–Kier alpha value is -1.70. The van der Waals surface area contributed by atoms with Gasteiger partial charge in [0, 0.05) is 52.0 Å². The average molecular weight is 477 g/mol. The number of hydrogen-bond donors (Lipinski definition) is 1. The summed E-state index contributed by atoms with van der Waals surface area (Å²) in [6.45, 7) is 12.7. The van der Waals surface area contributed by atoms with E-state index in [0.29, 0.717) is 23.3 Å². The maximum Gasteiger partial charge on any atom is 0.303 e. The van der Waals surface area contributed by atoms with Crippen LogP contribution in [0.25, 0.3) is 0 Å². The van der Waals surface area contributed by atoms with Crippen molar-refractivity contribution in [3.8, 4) is 0 Å². The number of halogens is 1. The molecule has 2 heterocycles. The van der Waals surface area contributed by atoms with Crippen molar-refractivity contribution in [3.05, 3.63) is 29.1 Å². The SMILES string of the molecule is CC(=O)O[C@@H]1C[C@]2(O)C(C=C1C)[C@H]([C@@H](C)CN1CCN(c3ncc(Cl)cn3)CC1)CC[C@H]2C. The minimum Gasteiger partial charge on any atom is -0.458 e. The van der Waals surface area contributed by atoms with Gasteiger partial charge < -0.3 is 14.7 Å². The van der Waals surface area contributed by atoms with Gasteiger partial charge in [-0.05, 0) is 43.1 Å². The van der Waals surface area contributed by atoms with Gasteiger partial charge in [-0.3, -0.25) is 9.69 Å². The molecule has 1 saturated carbocycles. The third-order valence-electron chi connectivity index (χ3n) is 8.13. The molecule has 0 bridgehead atoms. The summed E-state index contributed by atoms with van der Waals surface area (Å²) >= 11 is 5.92. The standard InChI is InChI=1S/C25H37ClN4O3/c1-16-11-22-21(6-5-18(3)25(22,32)12-23(16)33-19(4)31)17(2)15-29-7-9-30(10-8-29)24-27-13-20(26)14-28-24/h11,13-14,17-18,21-23,32H,5-10,12,15H2,1-4H3/t17-,18+,21-,22?,23+,25+/m0/s1. The number of esters is 1. The van der Waals surface area contributed by atoms with Crippen molar-refractivity contribution < 1.29 is 14.6 Å². The van der Waals surface area contributed by atoms with E-state index in [1.165, 1.54) is 6.92 Å². The topological polar surface area (TPSA) is 78.8 Å². The largest absolute Gasteiger partial charge is 0.458 e. The van der Waals surface area contributed by atoms with Gasteiger partial charge in [0.1, 0.15) is 6.10 Å². The highest BCUT2D eigenvalue weighted by atomic mass is 35.5. The molecule has 6 atom stereocenters. The molecule has 2 aliphatic carbocycles. The van der Waals surface area contributed by atoms with Gasteiger partial charge in [-0.2, -0.15) is 0 Å². The highest BCUT2D eigenvalue weighted by Crippen LogP contribution is 2.51. The lowest BCUT2D eigenvalue weighted by molar-refractivity contribution is -0.159. The minimum absolute atomic E-state index is 0.104. The number of ether oxygens (including phenoxy) is 1. The lowest BCUT2D eigenvalue weighted by Crippen LogP contribution is -2.56. The molecule has 33 heavy (non-hydrogen) atoms. The van der Waals surface area contributed by atoms with Crippen molar-refractivity contribution in [1.29, 1.82) is 0 Å². The van der Waals surface area contributed by atoms with E-state index in [4.69, 9.17) is 16.3 Å². The van der Waals surface area contributed by atoms with Gasteiger partial charge in [-0.1, -0.05) is 31.5 Å². The van der Waals surface area contributed by atoms with E-state index in [1.54, 1.807) is 12.4 Å². The normalized spacial score (nSPS) is 33.8. The van der Waals surface area contributed by atoms with Crippen molar-refractivity contribution in [1.82, 2.24) is 14.9 Å². The van der Waals surface area contributed by atoms with Crippen LogP contribution in [0.3, 0.4) is 0 Å². The number of carbonyl (C=O) groups excluding carboxylic acids is 1.